The topological polar surface area (TPSA) is 3.24 Å². The Morgan fingerprint density at radius 1 is 0.194 bits per heavy atom. The van der Waals surface area contributed by atoms with Gasteiger partial charge in [0, 0.05) is 37.2 Å². The lowest BCUT2D eigenvalue weighted by molar-refractivity contribution is 1.28. The predicted octanol–water partition coefficient (Wildman–Crippen LogP) is 20.5. The number of hydrogen-bond donors (Lipinski definition) is 0. The molecule has 0 aliphatic heterocycles. The molecule has 72 heavy (non-hydrogen) atoms. The average Bonchev–Trinajstić information content (AvgIpc) is 3.84. The summed E-state index contributed by atoms with van der Waals surface area (Å²) in [5.74, 6) is 0. The zero-order valence-electron chi connectivity index (χ0n) is 39.3. The van der Waals surface area contributed by atoms with Gasteiger partial charge in [0.05, 0.1) is 0 Å². The highest BCUT2D eigenvalue weighted by Crippen LogP contribution is 2.41. The van der Waals surface area contributed by atoms with Gasteiger partial charge in [-0.05, 0) is 165 Å². The van der Waals surface area contributed by atoms with E-state index in [-0.39, 0.29) is 0 Å². The standard InChI is InChI=1S/C70H45NS/c1-2-10-54-43-55(26-25-46(54)9-1)53-31-39-60(40-32-53)71(59-37-29-50(30-38-59)48-19-23-52(24-20-48)57-34-42-70-68(45-57)66-15-7-8-16-69(66)72-70)58-35-27-49(28-36-58)47-17-21-51(22-18-47)56-33-41-65-63-13-4-3-11-61(63)62-12-5-6-14-64(62)67(65)44-56/h1-45H. The molecule has 0 spiro atoms. The van der Waals surface area contributed by atoms with Gasteiger partial charge in [0.25, 0.3) is 0 Å². The van der Waals surface area contributed by atoms with Crippen LogP contribution < -0.4 is 4.90 Å². The van der Waals surface area contributed by atoms with Crippen LogP contribution in [0.15, 0.2) is 273 Å². The van der Waals surface area contributed by atoms with E-state index < -0.39 is 0 Å². The fourth-order valence-corrected chi connectivity index (χ4v) is 12.0. The van der Waals surface area contributed by atoms with Crippen molar-refractivity contribution < 1.29 is 0 Å². The van der Waals surface area contributed by atoms with Gasteiger partial charge in [-0.1, -0.05) is 206 Å². The smallest absolute Gasteiger partial charge is 0.0462 e. The van der Waals surface area contributed by atoms with Crippen molar-refractivity contribution >= 4 is 91.7 Å². The number of thiophene rings is 1. The molecule has 0 saturated heterocycles. The largest absolute Gasteiger partial charge is 0.311 e. The highest BCUT2D eigenvalue weighted by atomic mass is 32.1. The van der Waals surface area contributed by atoms with Crippen LogP contribution >= 0.6 is 11.3 Å². The van der Waals surface area contributed by atoms with E-state index in [0.29, 0.717) is 0 Å². The molecule has 0 unspecified atom stereocenters. The van der Waals surface area contributed by atoms with Gasteiger partial charge in [-0.3, -0.25) is 0 Å². The van der Waals surface area contributed by atoms with Crippen molar-refractivity contribution in [3.05, 3.63) is 273 Å². The van der Waals surface area contributed by atoms with E-state index >= 15 is 0 Å². The van der Waals surface area contributed by atoms with Crippen LogP contribution in [0, 0.1) is 0 Å². The van der Waals surface area contributed by atoms with Crippen molar-refractivity contribution in [3.8, 4) is 55.6 Å². The van der Waals surface area contributed by atoms with Crippen LogP contribution in [0.1, 0.15) is 0 Å². The second-order valence-electron chi connectivity index (χ2n) is 18.9. The molecule has 0 aliphatic carbocycles. The quantitative estimate of drug-likeness (QED) is 0.137. The third-order valence-electron chi connectivity index (χ3n) is 14.7. The van der Waals surface area contributed by atoms with Gasteiger partial charge >= 0.3 is 0 Å². The highest BCUT2D eigenvalue weighted by molar-refractivity contribution is 7.25. The molecule has 0 radical (unpaired) electrons. The number of nitrogens with zero attached hydrogens (tertiary/aromatic N) is 1. The molecular weight excluding hydrogens is 887 g/mol. The van der Waals surface area contributed by atoms with Gasteiger partial charge in [0.1, 0.15) is 0 Å². The summed E-state index contributed by atoms with van der Waals surface area (Å²) >= 11 is 1.86. The molecule has 0 fully saturated rings. The Labute approximate surface area is 422 Å². The number of rotatable bonds is 8. The Morgan fingerprint density at radius 2 is 0.514 bits per heavy atom. The summed E-state index contributed by atoms with van der Waals surface area (Å²) in [5, 5.41) is 12.9. The lowest BCUT2D eigenvalue weighted by Crippen LogP contribution is -2.09. The minimum Gasteiger partial charge on any atom is -0.311 e. The molecular formula is C70H45NS. The molecule has 1 heterocycles. The van der Waals surface area contributed by atoms with Crippen molar-refractivity contribution in [3.63, 3.8) is 0 Å². The maximum atomic E-state index is 2.37. The van der Waals surface area contributed by atoms with Gasteiger partial charge in [-0.15, -0.1) is 11.3 Å². The molecule has 13 aromatic carbocycles. The van der Waals surface area contributed by atoms with Crippen LogP contribution in [-0.4, -0.2) is 0 Å². The zero-order chi connectivity index (χ0) is 47.5. The van der Waals surface area contributed by atoms with Crippen LogP contribution in [0.25, 0.3) is 119 Å². The number of fused-ring (bicyclic) bond motifs is 10. The maximum absolute atomic E-state index is 2.37. The first-order valence-corrected chi connectivity index (χ1v) is 25.5. The van der Waals surface area contributed by atoms with Gasteiger partial charge in [-0.2, -0.15) is 0 Å². The van der Waals surface area contributed by atoms with Crippen molar-refractivity contribution in [2.24, 2.45) is 0 Å². The fraction of sp³-hybridized carbons (Fsp3) is 0. The van der Waals surface area contributed by atoms with E-state index in [9.17, 15) is 0 Å². The Hall–Kier alpha value is -9.08. The Balaban J connectivity index is 0.769. The molecule has 0 atom stereocenters. The first kappa shape index (κ1) is 41.9. The van der Waals surface area contributed by atoms with Crippen LogP contribution in [0.2, 0.25) is 0 Å². The molecule has 336 valence electrons. The van der Waals surface area contributed by atoms with Crippen molar-refractivity contribution in [1.82, 2.24) is 0 Å². The molecule has 0 saturated carbocycles. The molecule has 14 aromatic rings. The predicted molar refractivity (Wildman–Crippen MR) is 311 cm³/mol. The minimum absolute atomic E-state index is 1.09. The van der Waals surface area contributed by atoms with Crippen molar-refractivity contribution in [2.75, 3.05) is 4.90 Å². The summed E-state index contributed by atoms with van der Waals surface area (Å²) in [5.41, 5.74) is 15.3. The van der Waals surface area contributed by atoms with E-state index in [1.54, 1.807) is 0 Å². The van der Waals surface area contributed by atoms with E-state index in [2.05, 4.69) is 278 Å². The minimum atomic E-state index is 1.09. The molecule has 0 N–H and O–H groups in total. The number of hydrogen-bond acceptors (Lipinski definition) is 2. The summed E-state index contributed by atoms with van der Waals surface area (Å²) in [6.07, 6.45) is 0. The maximum Gasteiger partial charge on any atom is 0.0462 e. The molecule has 1 aromatic heterocycles. The van der Waals surface area contributed by atoms with Crippen molar-refractivity contribution in [2.45, 2.75) is 0 Å². The molecule has 0 aliphatic rings. The van der Waals surface area contributed by atoms with E-state index in [1.165, 1.54) is 119 Å². The number of benzene rings is 13. The van der Waals surface area contributed by atoms with Crippen LogP contribution in [0.3, 0.4) is 0 Å². The molecule has 0 amide bonds. The molecule has 2 heteroatoms. The lowest BCUT2D eigenvalue weighted by Gasteiger charge is -2.26. The van der Waals surface area contributed by atoms with Crippen LogP contribution in [-0.2, 0) is 0 Å². The van der Waals surface area contributed by atoms with Crippen molar-refractivity contribution in [1.29, 1.82) is 0 Å². The molecule has 14 rings (SSSR count). The molecule has 1 nitrogen and oxygen atoms in total. The summed E-state index contributed by atoms with van der Waals surface area (Å²) in [6.45, 7) is 0. The first-order chi connectivity index (χ1) is 35.6. The fourth-order valence-electron chi connectivity index (χ4n) is 10.9. The highest BCUT2D eigenvalue weighted by Gasteiger charge is 2.16. The van der Waals surface area contributed by atoms with Gasteiger partial charge < -0.3 is 4.90 Å². The Bertz CT molecular complexity index is 4300. The zero-order valence-corrected chi connectivity index (χ0v) is 40.2. The van der Waals surface area contributed by atoms with E-state index in [0.717, 1.165) is 17.1 Å². The third kappa shape index (κ3) is 7.40. The summed E-state index contributed by atoms with van der Waals surface area (Å²) in [7, 11) is 0. The summed E-state index contributed by atoms with van der Waals surface area (Å²) in [4.78, 5) is 2.36. The van der Waals surface area contributed by atoms with E-state index in [1.807, 2.05) is 11.3 Å². The van der Waals surface area contributed by atoms with Crippen LogP contribution in [0.5, 0.6) is 0 Å². The number of anilines is 3. The monoisotopic (exact) mass is 931 g/mol. The second-order valence-corrected chi connectivity index (χ2v) is 19.9. The normalized spacial score (nSPS) is 11.6. The first-order valence-electron chi connectivity index (χ1n) is 24.7. The second kappa shape index (κ2) is 17.4. The summed E-state index contributed by atoms with van der Waals surface area (Å²) in [6, 6.07) is 100. The SMILES string of the molecule is c1ccc2cc(-c3ccc(N(c4ccc(-c5ccc(-c6ccc7sc8ccccc8c7c6)cc5)cc4)c4ccc(-c5ccc(-c6ccc7c8ccccc8c8ccccc8c7c6)cc5)cc4)cc3)ccc2c1. The third-order valence-corrected chi connectivity index (χ3v) is 15.8. The average molecular weight is 932 g/mol. The van der Waals surface area contributed by atoms with Gasteiger partial charge in [-0.25, -0.2) is 0 Å². The lowest BCUT2D eigenvalue weighted by atomic mass is 9.92. The van der Waals surface area contributed by atoms with Gasteiger partial charge in [0.15, 0.2) is 0 Å². The Kier molecular flexibility index (Phi) is 10.1. The van der Waals surface area contributed by atoms with Gasteiger partial charge in [0.2, 0.25) is 0 Å². The molecule has 0 bridgehead atoms. The van der Waals surface area contributed by atoms with Crippen LogP contribution in [0.4, 0.5) is 17.1 Å². The Morgan fingerprint density at radius 3 is 1.03 bits per heavy atom. The van der Waals surface area contributed by atoms with E-state index in [4.69, 9.17) is 0 Å². The summed E-state index contributed by atoms with van der Waals surface area (Å²) < 4.78 is 2.66.